The number of hydrogen-bond donors (Lipinski definition) is 0. The summed E-state index contributed by atoms with van der Waals surface area (Å²) in [5, 5.41) is 4.67. The highest BCUT2D eigenvalue weighted by molar-refractivity contribution is 6.21. The van der Waals surface area contributed by atoms with Gasteiger partial charge in [-0.15, -0.1) is 0 Å². The van der Waals surface area contributed by atoms with Crippen molar-refractivity contribution in [3.05, 3.63) is 120 Å². The van der Waals surface area contributed by atoms with Crippen molar-refractivity contribution in [2.75, 3.05) is 4.90 Å². The van der Waals surface area contributed by atoms with Gasteiger partial charge in [0, 0.05) is 16.5 Å². The van der Waals surface area contributed by atoms with Gasteiger partial charge >= 0.3 is 0 Å². The molecule has 0 spiro atoms. The molecule has 0 N–H and O–H groups in total. The number of benzene rings is 5. The third-order valence-electron chi connectivity index (χ3n) is 8.02. The molecule has 1 atom stereocenters. The maximum absolute atomic E-state index is 9.18. The van der Waals surface area contributed by atoms with E-state index in [1.807, 2.05) is 24.3 Å². The summed E-state index contributed by atoms with van der Waals surface area (Å²) in [5.41, 5.74) is 7.69. The number of aromatic nitrogens is 1. The molecule has 37 heavy (non-hydrogen) atoms. The Kier molecular flexibility index (Phi) is 3.95. The summed E-state index contributed by atoms with van der Waals surface area (Å²) in [6.07, 6.45) is -0.101. The molecule has 1 aliphatic heterocycles. The van der Waals surface area contributed by atoms with Crippen LogP contribution in [0.2, 0.25) is 0 Å². The molecule has 7 rings (SSSR count). The lowest BCUT2D eigenvalue weighted by atomic mass is 9.99. The summed E-state index contributed by atoms with van der Waals surface area (Å²) in [6, 6.07) is 26.5. The summed E-state index contributed by atoms with van der Waals surface area (Å²) in [6.45, 7) is 8.58. The second-order valence-corrected chi connectivity index (χ2v) is 10.0. The van der Waals surface area contributed by atoms with Crippen LogP contribution < -0.4 is 4.90 Å². The average Bonchev–Trinajstić information content (AvgIpc) is 3.28. The zero-order valence-electron chi connectivity index (χ0n) is 25.5. The van der Waals surface area contributed by atoms with Gasteiger partial charge in [0.15, 0.2) is 0 Å². The van der Waals surface area contributed by atoms with Crippen molar-refractivity contribution < 1.29 is 5.48 Å². The maximum atomic E-state index is 9.18. The molecule has 2 heteroatoms. The lowest BCUT2D eigenvalue weighted by molar-refractivity contribution is 0.615. The molecule has 0 radical (unpaired) electrons. The molecule has 180 valence electrons. The number of nitrogens with zero attached hydrogens (tertiary/aromatic N) is 2. The van der Waals surface area contributed by atoms with Gasteiger partial charge in [-0.05, 0) is 78.1 Å². The summed E-state index contributed by atoms with van der Waals surface area (Å²) in [7, 11) is 0. The van der Waals surface area contributed by atoms with Crippen LogP contribution in [-0.4, -0.2) is 4.57 Å². The Morgan fingerprint density at radius 1 is 0.568 bits per heavy atom. The normalized spacial score (nSPS) is 16.2. The van der Waals surface area contributed by atoms with Crippen LogP contribution in [-0.2, 0) is 0 Å². The topological polar surface area (TPSA) is 8.17 Å². The number of fused-ring (bicyclic) bond motifs is 7. The molecule has 0 unspecified atom stereocenters. The van der Waals surface area contributed by atoms with E-state index in [1.54, 1.807) is 0 Å². The largest absolute Gasteiger partial charge is 0.318 e. The summed E-state index contributed by atoms with van der Waals surface area (Å²) in [4.78, 5) is 2.39. The van der Waals surface area contributed by atoms with Gasteiger partial charge in [-0.1, -0.05) is 90.9 Å². The molecular weight excluding hydrogens is 448 g/mol. The smallest absolute Gasteiger partial charge is 0.108 e. The zero-order chi connectivity index (χ0) is 28.7. The van der Waals surface area contributed by atoms with Crippen LogP contribution >= 0.6 is 0 Å². The van der Waals surface area contributed by atoms with E-state index in [-0.39, 0.29) is 30.3 Å². The second kappa shape index (κ2) is 8.11. The van der Waals surface area contributed by atoms with Crippen molar-refractivity contribution in [1.82, 2.24) is 4.57 Å². The SMILES string of the molecule is [2H]c1c([2H])c([2H])c2c3ccc(C)c(C)c3n3c4c(cccc4c4ccccc4c2c1[2H])N(c1ccccc1C)[C@H]3C. The van der Waals surface area contributed by atoms with Crippen molar-refractivity contribution in [3.63, 3.8) is 0 Å². The van der Waals surface area contributed by atoms with E-state index in [1.165, 1.54) is 5.56 Å². The molecule has 0 saturated carbocycles. The predicted molar refractivity (Wildman–Crippen MR) is 160 cm³/mol. The Morgan fingerprint density at radius 2 is 1.16 bits per heavy atom. The number of aryl methyl sites for hydroxylation is 3. The van der Waals surface area contributed by atoms with Gasteiger partial charge in [-0.2, -0.15) is 0 Å². The minimum absolute atomic E-state index is 0.0181. The van der Waals surface area contributed by atoms with Crippen LogP contribution in [0.25, 0.3) is 43.4 Å². The van der Waals surface area contributed by atoms with E-state index >= 15 is 0 Å². The number of hydrogen-bond acceptors (Lipinski definition) is 1. The standard InChI is InChI=1S/C35H30N2/c1-22-20-21-31-29-16-9-7-14-27(29)26-13-6-8-15-28(26)30-17-11-19-33-35(30)37(34(31)24(22)3)25(4)36(33)32-18-10-5-12-23(32)2/h5-21,25H,1-4H3/t25-/m1/s1/i7D,9D,14D,16D. The molecule has 0 amide bonds. The minimum atomic E-state index is -0.219. The Balaban J connectivity index is 1.90. The predicted octanol–water partition coefficient (Wildman–Crippen LogP) is 9.82. The van der Waals surface area contributed by atoms with Gasteiger partial charge in [0.25, 0.3) is 0 Å². The molecule has 2 heterocycles. The van der Waals surface area contributed by atoms with Crippen molar-refractivity contribution in [2.45, 2.75) is 33.9 Å². The maximum Gasteiger partial charge on any atom is 0.108 e. The fourth-order valence-corrected chi connectivity index (χ4v) is 6.13. The Labute approximate surface area is 223 Å². The van der Waals surface area contributed by atoms with Crippen LogP contribution in [0, 0.1) is 20.8 Å². The van der Waals surface area contributed by atoms with Crippen molar-refractivity contribution in [1.29, 1.82) is 0 Å². The van der Waals surface area contributed by atoms with Crippen LogP contribution in [0.1, 0.15) is 35.3 Å². The van der Waals surface area contributed by atoms with Gasteiger partial charge in [-0.3, -0.25) is 0 Å². The molecule has 0 aliphatic carbocycles. The number of rotatable bonds is 1. The van der Waals surface area contributed by atoms with Gasteiger partial charge in [0.1, 0.15) is 6.17 Å². The van der Waals surface area contributed by atoms with Crippen LogP contribution in [0.4, 0.5) is 11.4 Å². The second-order valence-electron chi connectivity index (χ2n) is 10.0. The third kappa shape index (κ3) is 3.05. The highest BCUT2D eigenvalue weighted by Crippen LogP contribution is 2.47. The van der Waals surface area contributed by atoms with Crippen LogP contribution in [0.3, 0.4) is 0 Å². The first-order valence-corrected chi connectivity index (χ1v) is 12.8. The fourth-order valence-electron chi connectivity index (χ4n) is 6.13. The molecule has 0 bridgehead atoms. The molecule has 1 aromatic heterocycles. The van der Waals surface area contributed by atoms with Gasteiger partial charge in [0.05, 0.1) is 22.2 Å². The summed E-state index contributed by atoms with van der Waals surface area (Å²) >= 11 is 0. The molecule has 5 aromatic carbocycles. The van der Waals surface area contributed by atoms with E-state index < -0.39 is 0 Å². The van der Waals surface area contributed by atoms with Crippen LogP contribution in [0.5, 0.6) is 0 Å². The van der Waals surface area contributed by atoms with E-state index in [0.29, 0.717) is 10.8 Å². The average molecular weight is 483 g/mol. The quantitative estimate of drug-likeness (QED) is 0.226. The molecule has 0 fully saturated rings. The molecular formula is C35H30N2. The van der Waals surface area contributed by atoms with Crippen molar-refractivity contribution in [2.24, 2.45) is 0 Å². The summed E-state index contributed by atoms with van der Waals surface area (Å²) in [5.74, 6) is 0. The van der Waals surface area contributed by atoms with Gasteiger partial charge in [-0.25, -0.2) is 0 Å². The first-order valence-electron chi connectivity index (χ1n) is 14.8. The van der Waals surface area contributed by atoms with E-state index in [4.69, 9.17) is 4.11 Å². The van der Waals surface area contributed by atoms with E-state index in [2.05, 4.69) is 91.8 Å². The van der Waals surface area contributed by atoms with E-state index in [9.17, 15) is 1.37 Å². The van der Waals surface area contributed by atoms with Crippen LogP contribution in [0.15, 0.2) is 103 Å². The van der Waals surface area contributed by atoms with Crippen molar-refractivity contribution >= 4 is 54.7 Å². The summed E-state index contributed by atoms with van der Waals surface area (Å²) < 4.78 is 37.9. The van der Waals surface area contributed by atoms with E-state index in [0.717, 1.165) is 55.1 Å². The third-order valence-corrected chi connectivity index (χ3v) is 8.02. The lowest BCUT2D eigenvalue weighted by Gasteiger charge is -2.28. The molecule has 2 nitrogen and oxygen atoms in total. The first kappa shape index (κ1) is 18.0. The van der Waals surface area contributed by atoms with Gasteiger partial charge in [0.2, 0.25) is 0 Å². The lowest BCUT2D eigenvalue weighted by Crippen LogP contribution is -2.21. The molecule has 6 aromatic rings. The number of para-hydroxylation sites is 2. The van der Waals surface area contributed by atoms with Gasteiger partial charge < -0.3 is 9.47 Å². The fraction of sp³-hybridized carbons (Fsp3) is 0.143. The minimum Gasteiger partial charge on any atom is -0.318 e. The Morgan fingerprint density at radius 3 is 1.92 bits per heavy atom. The number of anilines is 2. The van der Waals surface area contributed by atoms with Crippen molar-refractivity contribution in [3.8, 4) is 0 Å². The molecule has 0 saturated heterocycles. The Hall–Kier alpha value is -4.30. The zero-order valence-corrected chi connectivity index (χ0v) is 21.5. The first-order chi connectivity index (χ1) is 19.7. The Bertz CT molecular complexity index is 2160. The highest BCUT2D eigenvalue weighted by atomic mass is 15.3. The monoisotopic (exact) mass is 482 g/mol. The molecule has 1 aliphatic rings. The highest BCUT2D eigenvalue weighted by Gasteiger charge is 2.31.